The Morgan fingerprint density at radius 1 is 1.00 bits per heavy atom. The summed E-state index contributed by atoms with van der Waals surface area (Å²) in [6.45, 7) is 5.45. The Morgan fingerprint density at radius 3 is 2.25 bits per heavy atom. The van der Waals surface area contributed by atoms with E-state index in [1.807, 2.05) is 12.1 Å². The molecule has 1 aromatic heterocycles. The number of nitrogens with zero attached hydrogens (tertiary/aromatic N) is 2. The molecule has 0 saturated carbocycles. The molecule has 1 aliphatic heterocycles. The zero-order valence-electron chi connectivity index (χ0n) is 16.5. The fraction of sp³-hybridized carbons (Fsp3) is 0.348. The van der Waals surface area contributed by atoms with Gasteiger partial charge in [0.15, 0.2) is 0 Å². The standard InChI is InChI=1S/C20H18ClN2.C3H8O.Y/c21-19-9-12-23-20-6-5-17(13-18(19)20)15-3-1-14(2-4-15)16-7-10-22-11-8-16;1-3(2)4;/h1-6,9,12-13,16H,7-8,10-11H2;3-4H,1-2H3;/q-1;;. The number of pyridine rings is 1. The molecule has 2 aromatic carbocycles. The van der Waals surface area contributed by atoms with Crippen LogP contribution < -0.4 is 0 Å². The first kappa shape index (κ1) is 23.4. The van der Waals surface area contributed by atoms with Gasteiger partial charge in [-0.2, -0.15) is 0 Å². The van der Waals surface area contributed by atoms with Crippen LogP contribution in [0.1, 0.15) is 38.2 Å². The summed E-state index contributed by atoms with van der Waals surface area (Å²) < 4.78 is 0. The average molecular weight is 471 g/mol. The quantitative estimate of drug-likeness (QED) is 0.485. The summed E-state index contributed by atoms with van der Waals surface area (Å²) >= 11 is 6.29. The van der Waals surface area contributed by atoms with Gasteiger partial charge in [0.25, 0.3) is 0 Å². The van der Waals surface area contributed by atoms with Crippen LogP contribution in [0, 0.1) is 0 Å². The largest absolute Gasteiger partial charge is 0.662 e. The fourth-order valence-corrected chi connectivity index (χ4v) is 3.53. The molecule has 3 aromatic rings. The van der Waals surface area contributed by atoms with Gasteiger partial charge in [-0.15, -0.1) is 13.1 Å². The minimum absolute atomic E-state index is 0. The smallest absolute Gasteiger partial charge is 0.0717 e. The fourth-order valence-electron chi connectivity index (χ4n) is 3.32. The molecule has 28 heavy (non-hydrogen) atoms. The second-order valence-electron chi connectivity index (χ2n) is 7.19. The summed E-state index contributed by atoms with van der Waals surface area (Å²) in [5, 5.41) is 14.2. The maximum absolute atomic E-state index is 8.06. The summed E-state index contributed by atoms with van der Waals surface area (Å²) in [6.07, 6.45) is 3.93. The van der Waals surface area contributed by atoms with E-state index in [-0.39, 0.29) is 38.8 Å². The first-order valence-corrected chi connectivity index (χ1v) is 9.88. The van der Waals surface area contributed by atoms with Gasteiger partial charge in [-0.05, 0) is 54.7 Å². The molecule has 4 rings (SSSR count). The molecule has 1 radical (unpaired) electrons. The molecule has 0 atom stereocenters. The molecule has 1 fully saturated rings. The number of hydrogen-bond donors (Lipinski definition) is 1. The van der Waals surface area contributed by atoms with E-state index in [1.165, 1.54) is 29.5 Å². The van der Waals surface area contributed by atoms with Crippen LogP contribution in [-0.2, 0) is 32.7 Å². The number of halogens is 1. The Hall–Kier alpha value is -0.836. The predicted octanol–water partition coefficient (Wildman–Crippen LogP) is 6.19. The van der Waals surface area contributed by atoms with Crippen molar-refractivity contribution >= 4 is 22.5 Å². The van der Waals surface area contributed by atoms with Crippen LogP contribution in [0.4, 0.5) is 0 Å². The summed E-state index contributed by atoms with van der Waals surface area (Å²) in [5.74, 6) is 0.664. The molecule has 0 spiro atoms. The number of hydrogen-bond acceptors (Lipinski definition) is 2. The molecule has 0 aliphatic carbocycles. The van der Waals surface area contributed by atoms with E-state index in [2.05, 4.69) is 46.7 Å². The van der Waals surface area contributed by atoms with E-state index >= 15 is 0 Å². The molecule has 2 heterocycles. The van der Waals surface area contributed by atoms with E-state index in [0.29, 0.717) is 5.92 Å². The van der Waals surface area contributed by atoms with Gasteiger partial charge in [-0.3, -0.25) is 4.98 Å². The van der Waals surface area contributed by atoms with Gasteiger partial charge in [0.2, 0.25) is 0 Å². The second kappa shape index (κ2) is 11.4. The summed E-state index contributed by atoms with van der Waals surface area (Å²) in [7, 11) is 0. The van der Waals surface area contributed by atoms with Crippen LogP contribution in [0.15, 0.2) is 54.7 Å². The van der Waals surface area contributed by atoms with Crippen molar-refractivity contribution in [3.8, 4) is 11.1 Å². The van der Waals surface area contributed by atoms with E-state index in [0.717, 1.165) is 29.0 Å². The molecule has 0 bridgehead atoms. The average Bonchev–Trinajstić information content (AvgIpc) is 2.69. The Morgan fingerprint density at radius 2 is 1.61 bits per heavy atom. The Balaban J connectivity index is 0.000000515. The number of aliphatic hydroxyl groups is 1. The van der Waals surface area contributed by atoms with Crippen molar-refractivity contribution in [1.82, 2.24) is 4.98 Å². The number of piperidine rings is 1. The molecule has 1 saturated heterocycles. The van der Waals surface area contributed by atoms with Crippen LogP contribution >= 0.6 is 11.6 Å². The third-order valence-electron chi connectivity index (χ3n) is 4.68. The Bertz CT molecular complexity index is 875. The van der Waals surface area contributed by atoms with Crippen LogP contribution in [0.25, 0.3) is 27.3 Å². The second-order valence-corrected chi connectivity index (χ2v) is 7.59. The monoisotopic (exact) mass is 470 g/mol. The molecule has 1 N–H and O–H groups in total. The van der Waals surface area contributed by atoms with Crippen molar-refractivity contribution in [2.24, 2.45) is 0 Å². The third kappa shape index (κ3) is 6.33. The van der Waals surface area contributed by atoms with Crippen LogP contribution in [-0.4, -0.2) is 29.3 Å². The molecule has 3 nitrogen and oxygen atoms in total. The molecule has 1 aliphatic rings. The first-order valence-electron chi connectivity index (χ1n) is 9.50. The Labute approximate surface area is 197 Å². The molecule has 145 valence electrons. The zero-order chi connectivity index (χ0) is 19.2. The SMILES string of the molecule is CC(C)O.Clc1ccnc2ccc(-c3ccc(C4CC[N-]CC4)cc3)cc12.[Y]. The minimum Gasteiger partial charge on any atom is -0.662 e. The maximum atomic E-state index is 8.06. The predicted molar refractivity (Wildman–Crippen MR) is 115 cm³/mol. The van der Waals surface area contributed by atoms with E-state index in [1.54, 1.807) is 20.0 Å². The van der Waals surface area contributed by atoms with E-state index in [4.69, 9.17) is 16.7 Å². The Kier molecular flexibility index (Phi) is 9.52. The van der Waals surface area contributed by atoms with Gasteiger partial charge in [-0.1, -0.05) is 54.8 Å². The van der Waals surface area contributed by atoms with Gasteiger partial charge >= 0.3 is 0 Å². The molecule has 0 amide bonds. The van der Waals surface area contributed by atoms with E-state index in [9.17, 15) is 0 Å². The van der Waals surface area contributed by atoms with Crippen molar-refractivity contribution in [2.45, 2.75) is 38.7 Å². The zero-order valence-corrected chi connectivity index (χ0v) is 20.1. The number of rotatable bonds is 2. The maximum Gasteiger partial charge on any atom is 0.0717 e. The number of aromatic nitrogens is 1. The van der Waals surface area contributed by atoms with Gasteiger partial charge in [0, 0.05) is 50.4 Å². The topological polar surface area (TPSA) is 47.2 Å². The summed E-state index contributed by atoms with van der Waals surface area (Å²) in [5.41, 5.74) is 4.77. The summed E-state index contributed by atoms with van der Waals surface area (Å²) in [4.78, 5) is 4.36. The van der Waals surface area contributed by atoms with Crippen LogP contribution in [0.3, 0.4) is 0 Å². The van der Waals surface area contributed by atoms with E-state index < -0.39 is 0 Å². The number of aliphatic hydroxyl groups excluding tert-OH is 1. The minimum atomic E-state index is -0.167. The van der Waals surface area contributed by atoms with Gasteiger partial charge in [0.05, 0.1) is 10.5 Å². The first-order chi connectivity index (χ1) is 13.0. The van der Waals surface area contributed by atoms with Crippen LogP contribution in [0.5, 0.6) is 0 Å². The van der Waals surface area contributed by atoms with Crippen LogP contribution in [0.2, 0.25) is 5.02 Å². The number of benzene rings is 2. The normalized spacial score (nSPS) is 14.3. The molecular formula is C23H26ClN2OY-. The molecular weight excluding hydrogens is 445 g/mol. The van der Waals surface area contributed by atoms with Crippen molar-refractivity contribution in [3.05, 3.63) is 70.6 Å². The third-order valence-corrected chi connectivity index (χ3v) is 5.00. The van der Waals surface area contributed by atoms with Gasteiger partial charge in [0.1, 0.15) is 0 Å². The van der Waals surface area contributed by atoms with Crippen molar-refractivity contribution < 1.29 is 37.8 Å². The van der Waals surface area contributed by atoms with Crippen molar-refractivity contribution in [3.63, 3.8) is 0 Å². The molecule has 5 heteroatoms. The van der Waals surface area contributed by atoms with Gasteiger partial charge in [-0.25, -0.2) is 0 Å². The van der Waals surface area contributed by atoms with Crippen molar-refractivity contribution in [1.29, 1.82) is 0 Å². The van der Waals surface area contributed by atoms with Crippen molar-refractivity contribution in [2.75, 3.05) is 13.1 Å². The summed E-state index contributed by atoms with van der Waals surface area (Å²) in [6, 6.07) is 17.1. The van der Waals surface area contributed by atoms with Gasteiger partial charge < -0.3 is 10.4 Å². The molecule has 0 unspecified atom stereocenters. The number of fused-ring (bicyclic) bond motifs is 1.